The minimum Gasteiger partial charge on any atom is -0.491 e. The van der Waals surface area contributed by atoms with E-state index in [-0.39, 0.29) is 6.10 Å². The van der Waals surface area contributed by atoms with E-state index in [9.17, 15) is 0 Å². The molecule has 0 bridgehead atoms. The molecule has 2 N–H and O–H groups in total. The van der Waals surface area contributed by atoms with Crippen LogP contribution >= 0.6 is 0 Å². The lowest BCUT2D eigenvalue weighted by atomic mass is 10.1. The summed E-state index contributed by atoms with van der Waals surface area (Å²) in [4.78, 5) is 4.30. The molecule has 1 heterocycles. The first-order valence-corrected chi connectivity index (χ1v) is 9.23. The molecule has 142 valence electrons. The summed E-state index contributed by atoms with van der Waals surface area (Å²) in [6.07, 6.45) is 1.85. The van der Waals surface area contributed by atoms with Crippen molar-refractivity contribution in [1.29, 1.82) is 0 Å². The van der Waals surface area contributed by atoms with Gasteiger partial charge >= 0.3 is 0 Å². The summed E-state index contributed by atoms with van der Waals surface area (Å²) < 4.78 is 11.2. The van der Waals surface area contributed by atoms with Gasteiger partial charge in [0.1, 0.15) is 11.5 Å². The molecule has 2 rings (SSSR count). The van der Waals surface area contributed by atoms with Crippen LogP contribution in [0.4, 0.5) is 0 Å². The molecule has 0 saturated heterocycles. The molecule has 0 atom stereocenters. The lowest BCUT2D eigenvalue weighted by molar-refractivity contribution is 0.242. The van der Waals surface area contributed by atoms with E-state index in [4.69, 9.17) is 9.26 Å². The molecule has 0 unspecified atom stereocenters. The monoisotopic (exact) mass is 358 g/mol. The summed E-state index contributed by atoms with van der Waals surface area (Å²) in [6, 6.07) is 8.09. The Morgan fingerprint density at radius 3 is 2.62 bits per heavy atom. The quantitative estimate of drug-likeness (QED) is 0.559. The van der Waals surface area contributed by atoms with Crippen molar-refractivity contribution in [2.75, 3.05) is 7.05 Å². The maximum Gasteiger partial charge on any atom is 0.191 e. The Bertz CT molecular complexity index is 701. The van der Waals surface area contributed by atoms with Crippen LogP contribution in [0.15, 0.2) is 33.8 Å². The van der Waals surface area contributed by atoms with Gasteiger partial charge in [0.05, 0.1) is 11.8 Å². The van der Waals surface area contributed by atoms with E-state index in [1.54, 1.807) is 7.05 Å². The van der Waals surface area contributed by atoms with Crippen LogP contribution in [-0.2, 0) is 25.9 Å². The van der Waals surface area contributed by atoms with Crippen LogP contribution in [0.25, 0.3) is 0 Å². The van der Waals surface area contributed by atoms with Gasteiger partial charge in [-0.15, -0.1) is 0 Å². The summed E-state index contributed by atoms with van der Waals surface area (Å²) in [7, 11) is 1.77. The molecule has 0 saturated carbocycles. The average molecular weight is 358 g/mol. The molecule has 0 aliphatic rings. The number of benzene rings is 1. The van der Waals surface area contributed by atoms with E-state index in [0.29, 0.717) is 13.1 Å². The van der Waals surface area contributed by atoms with Crippen molar-refractivity contribution >= 4 is 5.96 Å². The van der Waals surface area contributed by atoms with E-state index >= 15 is 0 Å². The number of aryl methyl sites for hydroxylation is 2. The molecule has 0 spiro atoms. The Kier molecular flexibility index (Phi) is 7.51. The van der Waals surface area contributed by atoms with Crippen LogP contribution in [0, 0.1) is 0 Å². The highest BCUT2D eigenvalue weighted by atomic mass is 16.5. The standard InChI is InChI=1S/C20H30N4O2/c1-6-18-17(19(7-2)26-24-18)13-23-20(21-5)22-12-15-9-8-10-16(11-15)25-14(3)4/h8-11,14H,6-7,12-13H2,1-5H3,(H2,21,22,23). The van der Waals surface area contributed by atoms with Crippen molar-refractivity contribution in [3.05, 3.63) is 46.8 Å². The summed E-state index contributed by atoms with van der Waals surface area (Å²) in [5.41, 5.74) is 3.27. The fraction of sp³-hybridized carbons (Fsp3) is 0.500. The highest BCUT2D eigenvalue weighted by molar-refractivity contribution is 5.79. The molecule has 0 radical (unpaired) electrons. The predicted octanol–water partition coefficient (Wildman–Crippen LogP) is 3.45. The van der Waals surface area contributed by atoms with Crippen molar-refractivity contribution in [1.82, 2.24) is 15.8 Å². The van der Waals surface area contributed by atoms with E-state index in [1.165, 1.54) is 0 Å². The van der Waals surface area contributed by atoms with Gasteiger partial charge in [-0.25, -0.2) is 0 Å². The SMILES string of the molecule is CCc1noc(CC)c1CNC(=NC)NCc1cccc(OC(C)C)c1. The Morgan fingerprint density at radius 1 is 1.19 bits per heavy atom. The third kappa shape index (κ3) is 5.51. The molecule has 0 aliphatic heterocycles. The molecule has 26 heavy (non-hydrogen) atoms. The zero-order chi connectivity index (χ0) is 18.9. The first-order valence-electron chi connectivity index (χ1n) is 9.23. The second kappa shape index (κ2) is 9.85. The summed E-state index contributed by atoms with van der Waals surface area (Å²) >= 11 is 0. The fourth-order valence-corrected chi connectivity index (χ4v) is 2.72. The number of guanidine groups is 1. The molecule has 0 amide bonds. The van der Waals surface area contributed by atoms with Gasteiger partial charge in [0.25, 0.3) is 0 Å². The van der Waals surface area contributed by atoms with Crippen LogP contribution < -0.4 is 15.4 Å². The van der Waals surface area contributed by atoms with Gasteiger partial charge in [-0.2, -0.15) is 0 Å². The molecule has 1 aromatic heterocycles. The Balaban J connectivity index is 1.93. The van der Waals surface area contributed by atoms with Gasteiger partial charge in [0.15, 0.2) is 5.96 Å². The molecule has 6 nitrogen and oxygen atoms in total. The van der Waals surface area contributed by atoms with E-state index in [1.807, 2.05) is 32.0 Å². The van der Waals surface area contributed by atoms with Crippen molar-refractivity contribution < 1.29 is 9.26 Å². The van der Waals surface area contributed by atoms with E-state index in [0.717, 1.165) is 47.1 Å². The first-order chi connectivity index (χ1) is 12.6. The number of nitrogens with zero attached hydrogens (tertiary/aromatic N) is 2. The second-order valence-corrected chi connectivity index (χ2v) is 6.33. The molecular formula is C20H30N4O2. The van der Waals surface area contributed by atoms with Crippen LogP contribution in [0.3, 0.4) is 0 Å². The smallest absolute Gasteiger partial charge is 0.191 e. The lowest BCUT2D eigenvalue weighted by Gasteiger charge is -2.14. The van der Waals surface area contributed by atoms with Gasteiger partial charge in [-0.3, -0.25) is 4.99 Å². The van der Waals surface area contributed by atoms with Crippen molar-refractivity contribution in [2.45, 2.75) is 59.7 Å². The number of nitrogens with one attached hydrogen (secondary N) is 2. The van der Waals surface area contributed by atoms with Crippen LogP contribution in [0.2, 0.25) is 0 Å². The number of hydrogen-bond donors (Lipinski definition) is 2. The van der Waals surface area contributed by atoms with Crippen molar-refractivity contribution in [3.63, 3.8) is 0 Å². The summed E-state index contributed by atoms with van der Waals surface area (Å²) in [6.45, 7) is 9.52. The third-order valence-corrected chi connectivity index (χ3v) is 3.99. The summed E-state index contributed by atoms with van der Waals surface area (Å²) in [5.74, 6) is 2.56. The normalized spacial score (nSPS) is 11.7. The summed E-state index contributed by atoms with van der Waals surface area (Å²) in [5, 5.41) is 10.8. The number of hydrogen-bond acceptors (Lipinski definition) is 4. The lowest BCUT2D eigenvalue weighted by Crippen LogP contribution is -2.36. The number of aromatic nitrogens is 1. The molecule has 0 aliphatic carbocycles. The van der Waals surface area contributed by atoms with Crippen LogP contribution in [-0.4, -0.2) is 24.3 Å². The molecule has 2 aromatic rings. The Morgan fingerprint density at radius 2 is 1.96 bits per heavy atom. The maximum atomic E-state index is 5.74. The van der Waals surface area contributed by atoms with Gasteiger partial charge in [-0.05, 0) is 38.0 Å². The minimum absolute atomic E-state index is 0.164. The van der Waals surface area contributed by atoms with Crippen molar-refractivity contribution in [2.24, 2.45) is 4.99 Å². The van der Waals surface area contributed by atoms with Crippen LogP contribution in [0.5, 0.6) is 5.75 Å². The second-order valence-electron chi connectivity index (χ2n) is 6.33. The maximum absolute atomic E-state index is 5.74. The Hall–Kier alpha value is -2.50. The van der Waals surface area contributed by atoms with E-state index < -0.39 is 0 Å². The van der Waals surface area contributed by atoms with Crippen LogP contribution in [0.1, 0.15) is 50.3 Å². The predicted molar refractivity (Wildman–Crippen MR) is 105 cm³/mol. The van der Waals surface area contributed by atoms with Crippen molar-refractivity contribution in [3.8, 4) is 5.75 Å². The number of ether oxygens (including phenoxy) is 1. The highest BCUT2D eigenvalue weighted by Gasteiger charge is 2.13. The first kappa shape index (κ1) is 19.8. The third-order valence-electron chi connectivity index (χ3n) is 3.99. The van der Waals surface area contributed by atoms with E-state index in [2.05, 4.69) is 40.7 Å². The topological polar surface area (TPSA) is 71.7 Å². The molecular weight excluding hydrogens is 328 g/mol. The van der Waals surface area contributed by atoms with Gasteiger partial charge in [0.2, 0.25) is 0 Å². The molecule has 6 heteroatoms. The fourth-order valence-electron chi connectivity index (χ4n) is 2.72. The average Bonchev–Trinajstić information content (AvgIpc) is 3.03. The Labute approximate surface area is 156 Å². The molecule has 1 aromatic carbocycles. The number of rotatable bonds is 8. The zero-order valence-corrected chi connectivity index (χ0v) is 16.4. The zero-order valence-electron chi connectivity index (χ0n) is 16.4. The van der Waals surface area contributed by atoms with Gasteiger partial charge in [-0.1, -0.05) is 31.1 Å². The van der Waals surface area contributed by atoms with Gasteiger partial charge < -0.3 is 19.9 Å². The minimum atomic E-state index is 0.164. The van der Waals surface area contributed by atoms with Gasteiger partial charge in [0, 0.05) is 32.1 Å². The number of aliphatic imine (C=N–C) groups is 1. The highest BCUT2D eigenvalue weighted by Crippen LogP contribution is 2.16. The molecule has 0 fully saturated rings. The largest absolute Gasteiger partial charge is 0.491 e.